The molecule has 1 heterocycles. The van der Waals surface area contributed by atoms with Gasteiger partial charge in [-0.15, -0.1) is 0 Å². The van der Waals surface area contributed by atoms with Gasteiger partial charge < -0.3 is 4.90 Å². The number of hydrogen-bond acceptors (Lipinski definition) is 2. The van der Waals surface area contributed by atoms with Crippen LogP contribution >= 0.6 is 0 Å². The number of allylic oxidation sites excluding steroid dienone is 4. The molecule has 0 aliphatic carbocycles. The van der Waals surface area contributed by atoms with E-state index in [0.717, 1.165) is 37.2 Å². The van der Waals surface area contributed by atoms with Crippen molar-refractivity contribution in [3.63, 3.8) is 0 Å². The molecular formula is C24H32N2. The standard InChI is InChI=1S/C24H32N2/c1-17(2)24(18(3)4)15-19(5)20(6)26-13-11-23(12-14-26)22-9-7-21(16-25)8-10-22/h7-10,15,17,23H,6,11-14H2,1-5H3/b19-15+. The fraction of sp³-hybridized carbons (Fsp3) is 0.458. The van der Waals surface area contributed by atoms with Crippen molar-refractivity contribution in [2.75, 3.05) is 13.1 Å². The van der Waals surface area contributed by atoms with Crippen molar-refractivity contribution in [1.29, 1.82) is 5.26 Å². The van der Waals surface area contributed by atoms with Crippen LogP contribution in [0, 0.1) is 17.2 Å². The van der Waals surface area contributed by atoms with Crippen molar-refractivity contribution in [2.24, 2.45) is 5.92 Å². The highest BCUT2D eigenvalue weighted by Gasteiger charge is 2.22. The highest BCUT2D eigenvalue weighted by Crippen LogP contribution is 2.31. The third-order valence-corrected chi connectivity index (χ3v) is 5.41. The maximum Gasteiger partial charge on any atom is 0.0991 e. The predicted molar refractivity (Wildman–Crippen MR) is 111 cm³/mol. The average molecular weight is 349 g/mol. The molecule has 1 aromatic carbocycles. The molecule has 0 spiro atoms. The van der Waals surface area contributed by atoms with E-state index in [1.54, 1.807) is 0 Å². The Morgan fingerprint density at radius 1 is 1.15 bits per heavy atom. The summed E-state index contributed by atoms with van der Waals surface area (Å²) in [5, 5.41) is 8.94. The lowest BCUT2D eigenvalue weighted by Gasteiger charge is -2.35. The van der Waals surface area contributed by atoms with Crippen LogP contribution in [0.15, 0.2) is 59.3 Å². The first-order valence-electron chi connectivity index (χ1n) is 9.63. The van der Waals surface area contributed by atoms with Crippen molar-refractivity contribution in [3.05, 3.63) is 70.5 Å². The first-order valence-corrected chi connectivity index (χ1v) is 9.63. The summed E-state index contributed by atoms with van der Waals surface area (Å²) in [6.45, 7) is 17.5. The molecule has 0 bridgehead atoms. The van der Waals surface area contributed by atoms with Gasteiger partial charge in [-0.2, -0.15) is 5.26 Å². The smallest absolute Gasteiger partial charge is 0.0991 e. The number of likely N-dealkylation sites (tertiary alicyclic amines) is 1. The van der Waals surface area contributed by atoms with Gasteiger partial charge in [0.05, 0.1) is 11.6 Å². The van der Waals surface area contributed by atoms with Gasteiger partial charge in [0.15, 0.2) is 0 Å². The number of hydrogen-bond donors (Lipinski definition) is 0. The van der Waals surface area contributed by atoms with Gasteiger partial charge in [-0.25, -0.2) is 0 Å². The second kappa shape index (κ2) is 8.90. The number of rotatable bonds is 5. The van der Waals surface area contributed by atoms with Gasteiger partial charge in [-0.3, -0.25) is 0 Å². The maximum absolute atomic E-state index is 8.94. The molecule has 1 saturated heterocycles. The summed E-state index contributed by atoms with van der Waals surface area (Å²) >= 11 is 0. The first kappa shape index (κ1) is 20.0. The Hall–Kier alpha value is -2.27. The van der Waals surface area contributed by atoms with Crippen molar-refractivity contribution in [2.45, 2.75) is 53.4 Å². The van der Waals surface area contributed by atoms with Gasteiger partial charge in [0.2, 0.25) is 0 Å². The SMILES string of the molecule is C=C(/C(C)=C/C(=C(C)C)C(C)C)N1CCC(c2ccc(C#N)cc2)CC1. The molecule has 0 unspecified atom stereocenters. The molecule has 26 heavy (non-hydrogen) atoms. The van der Waals surface area contributed by atoms with Gasteiger partial charge >= 0.3 is 0 Å². The summed E-state index contributed by atoms with van der Waals surface area (Å²) in [6, 6.07) is 10.3. The Bertz CT molecular complexity index is 729. The Kier molecular flexibility index (Phi) is 6.86. The maximum atomic E-state index is 8.94. The van der Waals surface area contributed by atoms with Gasteiger partial charge in [0, 0.05) is 18.8 Å². The molecule has 2 rings (SSSR count). The summed E-state index contributed by atoms with van der Waals surface area (Å²) in [5.41, 5.74) is 7.31. The Labute approximate surface area is 159 Å². The molecule has 2 heteroatoms. The van der Waals surface area contributed by atoms with E-state index in [2.05, 4.69) is 70.4 Å². The minimum atomic E-state index is 0.532. The van der Waals surface area contributed by atoms with E-state index in [4.69, 9.17) is 5.26 Å². The number of nitrogens with zero attached hydrogens (tertiary/aromatic N) is 2. The number of benzene rings is 1. The van der Waals surface area contributed by atoms with Gasteiger partial charge in [0.25, 0.3) is 0 Å². The summed E-state index contributed by atoms with van der Waals surface area (Å²) < 4.78 is 0. The van der Waals surface area contributed by atoms with Crippen LogP contribution in [0.25, 0.3) is 0 Å². The average Bonchev–Trinajstić information content (AvgIpc) is 2.65. The Morgan fingerprint density at radius 3 is 2.19 bits per heavy atom. The van der Waals surface area contributed by atoms with E-state index in [1.165, 1.54) is 22.3 Å². The van der Waals surface area contributed by atoms with E-state index >= 15 is 0 Å². The molecule has 1 fully saturated rings. The third-order valence-electron chi connectivity index (χ3n) is 5.41. The molecular weight excluding hydrogens is 316 g/mol. The van der Waals surface area contributed by atoms with Crippen molar-refractivity contribution < 1.29 is 0 Å². The van der Waals surface area contributed by atoms with Crippen LogP contribution in [0.3, 0.4) is 0 Å². The van der Waals surface area contributed by atoms with Crippen molar-refractivity contribution >= 4 is 0 Å². The third kappa shape index (κ3) is 4.88. The van der Waals surface area contributed by atoms with Gasteiger partial charge in [-0.1, -0.05) is 44.2 Å². The van der Waals surface area contributed by atoms with Crippen LogP contribution in [-0.2, 0) is 0 Å². The molecule has 1 aliphatic heterocycles. The minimum Gasteiger partial charge on any atom is -0.372 e. The van der Waals surface area contributed by atoms with E-state index in [-0.39, 0.29) is 0 Å². The monoisotopic (exact) mass is 348 g/mol. The van der Waals surface area contributed by atoms with Gasteiger partial charge in [0.1, 0.15) is 0 Å². The topological polar surface area (TPSA) is 27.0 Å². The zero-order valence-electron chi connectivity index (χ0n) is 17.0. The largest absolute Gasteiger partial charge is 0.372 e. The highest BCUT2D eigenvalue weighted by molar-refractivity contribution is 5.37. The zero-order chi connectivity index (χ0) is 19.3. The predicted octanol–water partition coefficient (Wildman–Crippen LogP) is 6.19. The molecule has 2 nitrogen and oxygen atoms in total. The second-order valence-corrected chi connectivity index (χ2v) is 7.88. The fourth-order valence-electron chi connectivity index (χ4n) is 3.77. The van der Waals surface area contributed by atoms with E-state index in [1.807, 2.05) is 12.1 Å². The van der Waals surface area contributed by atoms with Crippen LogP contribution in [0.1, 0.15) is 64.5 Å². The van der Waals surface area contributed by atoms with Crippen LogP contribution in [0.5, 0.6) is 0 Å². The second-order valence-electron chi connectivity index (χ2n) is 7.88. The zero-order valence-corrected chi connectivity index (χ0v) is 17.0. The molecule has 0 saturated carbocycles. The molecule has 0 atom stereocenters. The van der Waals surface area contributed by atoms with Crippen molar-refractivity contribution in [1.82, 2.24) is 4.90 Å². The van der Waals surface area contributed by atoms with E-state index in [0.29, 0.717) is 11.8 Å². The molecule has 0 amide bonds. The molecule has 138 valence electrons. The summed E-state index contributed by atoms with van der Waals surface area (Å²) in [6.07, 6.45) is 4.59. The lowest BCUT2D eigenvalue weighted by atomic mass is 9.88. The first-order chi connectivity index (χ1) is 12.3. The lowest BCUT2D eigenvalue weighted by molar-refractivity contribution is 0.268. The molecule has 1 aliphatic rings. The Morgan fingerprint density at radius 2 is 1.73 bits per heavy atom. The molecule has 0 N–H and O–H groups in total. The normalized spacial score (nSPS) is 15.7. The summed E-state index contributed by atoms with van der Waals surface area (Å²) in [5.74, 6) is 1.12. The van der Waals surface area contributed by atoms with Crippen LogP contribution in [0.2, 0.25) is 0 Å². The number of piperidine rings is 1. The quantitative estimate of drug-likeness (QED) is 0.593. The highest BCUT2D eigenvalue weighted by atomic mass is 15.1. The molecule has 0 radical (unpaired) electrons. The number of nitriles is 1. The van der Waals surface area contributed by atoms with E-state index < -0.39 is 0 Å². The van der Waals surface area contributed by atoms with E-state index in [9.17, 15) is 0 Å². The van der Waals surface area contributed by atoms with Crippen LogP contribution in [0.4, 0.5) is 0 Å². The molecule has 0 aromatic heterocycles. The van der Waals surface area contributed by atoms with Gasteiger partial charge in [-0.05, 0) is 74.3 Å². The van der Waals surface area contributed by atoms with Crippen molar-refractivity contribution in [3.8, 4) is 6.07 Å². The summed E-state index contributed by atoms with van der Waals surface area (Å²) in [7, 11) is 0. The lowest BCUT2D eigenvalue weighted by Crippen LogP contribution is -2.32. The minimum absolute atomic E-state index is 0.532. The van der Waals surface area contributed by atoms with Crippen LogP contribution in [-0.4, -0.2) is 18.0 Å². The molecule has 1 aromatic rings. The fourth-order valence-corrected chi connectivity index (χ4v) is 3.77. The Balaban J connectivity index is 2.01. The summed E-state index contributed by atoms with van der Waals surface area (Å²) in [4.78, 5) is 2.43. The van der Waals surface area contributed by atoms with Crippen LogP contribution < -0.4 is 0 Å².